The Hall–Kier alpha value is -1.06. The first-order valence-electron chi connectivity index (χ1n) is 6.43. The molecule has 0 spiro atoms. The van der Waals surface area contributed by atoms with E-state index in [2.05, 4.69) is 12.2 Å². The number of nitrogens with one attached hydrogen (secondary N) is 1. The van der Waals surface area contributed by atoms with Gasteiger partial charge in [-0.05, 0) is 48.9 Å². The van der Waals surface area contributed by atoms with Crippen LogP contribution in [0.15, 0.2) is 18.2 Å². The van der Waals surface area contributed by atoms with Crippen LogP contribution in [0.2, 0.25) is 0 Å². The van der Waals surface area contributed by atoms with E-state index in [1.807, 2.05) is 12.1 Å². The third-order valence-corrected chi connectivity index (χ3v) is 3.59. The average Bonchev–Trinajstić information content (AvgIpc) is 2.36. The summed E-state index contributed by atoms with van der Waals surface area (Å²) in [4.78, 5) is 0. The summed E-state index contributed by atoms with van der Waals surface area (Å²) in [6.45, 7) is 2.24. The van der Waals surface area contributed by atoms with E-state index in [4.69, 9.17) is 0 Å². The Labute approximate surface area is 102 Å². The van der Waals surface area contributed by atoms with Crippen LogP contribution in [0.5, 0.6) is 5.75 Å². The molecule has 3 heteroatoms. The molecule has 94 valence electrons. The zero-order valence-corrected chi connectivity index (χ0v) is 10.3. The molecule has 1 aliphatic carbocycles. The lowest BCUT2D eigenvalue weighted by Gasteiger charge is -2.29. The Morgan fingerprint density at radius 3 is 3.00 bits per heavy atom. The summed E-state index contributed by atoms with van der Waals surface area (Å²) in [5.41, 5.74) is 2.52. The molecular formula is C14H21NO2. The molecule has 0 radical (unpaired) electrons. The van der Waals surface area contributed by atoms with E-state index in [1.165, 1.54) is 11.1 Å². The van der Waals surface area contributed by atoms with Crippen LogP contribution in [0.3, 0.4) is 0 Å². The first kappa shape index (κ1) is 12.4. The predicted octanol–water partition coefficient (Wildman–Crippen LogP) is 2.13. The van der Waals surface area contributed by atoms with Gasteiger partial charge in [-0.25, -0.2) is 0 Å². The van der Waals surface area contributed by atoms with Crippen molar-refractivity contribution < 1.29 is 10.2 Å². The molecule has 0 saturated carbocycles. The molecular weight excluding hydrogens is 214 g/mol. The number of fused-ring (bicyclic) bond motifs is 1. The molecule has 0 aromatic heterocycles. The summed E-state index contributed by atoms with van der Waals surface area (Å²) in [6, 6.07) is 6.04. The van der Waals surface area contributed by atoms with E-state index in [1.54, 1.807) is 6.07 Å². The number of aliphatic hydroxyl groups is 1. The highest BCUT2D eigenvalue weighted by atomic mass is 16.3. The summed E-state index contributed by atoms with van der Waals surface area (Å²) in [5.74, 6) is 0.328. The summed E-state index contributed by atoms with van der Waals surface area (Å²) in [7, 11) is 0. The van der Waals surface area contributed by atoms with Crippen LogP contribution in [-0.2, 0) is 6.42 Å². The quantitative estimate of drug-likeness (QED) is 0.749. The van der Waals surface area contributed by atoms with Crippen molar-refractivity contribution in [2.45, 2.75) is 44.7 Å². The van der Waals surface area contributed by atoms with Crippen LogP contribution < -0.4 is 5.32 Å². The number of benzene rings is 1. The van der Waals surface area contributed by atoms with Crippen LogP contribution in [0, 0.1) is 0 Å². The highest BCUT2D eigenvalue weighted by molar-refractivity contribution is 5.38. The highest BCUT2D eigenvalue weighted by Gasteiger charge is 2.22. The second-order valence-electron chi connectivity index (χ2n) is 4.78. The largest absolute Gasteiger partial charge is 0.508 e. The molecule has 3 N–H and O–H groups in total. The third kappa shape index (κ3) is 2.79. The molecule has 1 aromatic rings. The minimum absolute atomic E-state index is 0.147. The van der Waals surface area contributed by atoms with E-state index in [0.717, 1.165) is 25.7 Å². The van der Waals surface area contributed by atoms with E-state index < -0.39 is 0 Å². The van der Waals surface area contributed by atoms with Gasteiger partial charge in [0, 0.05) is 12.1 Å². The number of rotatable bonds is 4. The van der Waals surface area contributed by atoms with Gasteiger partial charge in [0.05, 0.1) is 6.61 Å². The molecule has 1 aromatic carbocycles. The first-order chi connectivity index (χ1) is 8.24. The molecule has 0 saturated heterocycles. The summed E-state index contributed by atoms with van der Waals surface area (Å²) in [6.07, 6.45) is 4.25. The summed E-state index contributed by atoms with van der Waals surface area (Å²) in [5, 5.41) is 22.3. The molecule has 0 heterocycles. The molecule has 17 heavy (non-hydrogen) atoms. The van der Waals surface area contributed by atoms with Gasteiger partial charge < -0.3 is 15.5 Å². The lowest BCUT2D eigenvalue weighted by Crippen LogP contribution is -2.36. The van der Waals surface area contributed by atoms with Gasteiger partial charge in [0.1, 0.15) is 5.75 Å². The van der Waals surface area contributed by atoms with Gasteiger partial charge in [-0.15, -0.1) is 0 Å². The van der Waals surface area contributed by atoms with Crippen molar-refractivity contribution in [1.82, 2.24) is 5.32 Å². The number of hydrogen-bond donors (Lipinski definition) is 3. The number of phenols is 1. The van der Waals surface area contributed by atoms with Gasteiger partial charge in [-0.2, -0.15) is 0 Å². The number of hydrogen-bond acceptors (Lipinski definition) is 3. The number of phenolic OH excluding ortho intramolecular Hbond substituents is 1. The molecule has 2 atom stereocenters. The second kappa shape index (κ2) is 5.52. The Kier molecular flexibility index (Phi) is 4.02. The smallest absolute Gasteiger partial charge is 0.115 e. The molecule has 0 aliphatic heterocycles. The molecule has 2 rings (SSSR count). The summed E-state index contributed by atoms with van der Waals surface area (Å²) >= 11 is 0. The van der Waals surface area contributed by atoms with Gasteiger partial charge >= 0.3 is 0 Å². The standard InChI is InChI=1S/C14H21NO2/c1-2-11(9-16)15-14-5-3-4-10-6-7-12(17)8-13(10)14/h6-8,11,14-17H,2-5,9H2,1H3. The van der Waals surface area contributed by atoms with E-state index in [9.17, 15) is 10.2 Å². The molecule has 0 amide bonds. The third-order valence-electron chi connectivity index (χ3n) is 3.59. The zero-order valence-electron chi connectivity index (χ0n) is 10.3. The van der Waals surface area contributed by atoms with Crippen molar-refractivity contribution in [2.24, 2.45) is 0 Å². The Bertz CT molecular complexity index is 374. The maximum atomic E-state index is 9.58. The first-order valence-corrected chi connectivity index (χ1v) is 6.43. The van der Waals surface area contributed by atoms with Gasteiger partial charge in [0.25, 0.3) is 0 Å². The van der Waals surface area contributed by atoms with Crippen molar-refractivity contribution in [3.05, 3.63) is 29.3 Å². The van der Waals surface area contributed by atoms with Gasteiger partial charge in [0.15, 0.2) is 0 Å². The zero-order chi connectivity index (χ0) is 12.3. The van der Waals surface area contributed by atoms with Crippen molar-refractivity contribution in [2.75, 3.05) is 6.61 Å². The second-order valence-corrected chi connectivity index (χ2v) is 4.78. The monoisotopic (exact) mass is 235 g/mol. The van der Waals surface area contributed by atoms with Gasteiger partial charge in [-0.3, -0.25) is 0 Å². The predicted molar refractivity (Wildman–Crippen MR) is 68.1 cm³/mol. The molecule has 0 bridgehead atoms. The Morgan fingerprint density at radius 2 is 2.29 bits per heavy atom. The minimum atomic E-state index is 0.147. The maximum Gasteiger partial charge on any atom is 0.115 e. The van der Waals surface area contributed by atoms with E-state index >= 15 is 0 Å². The minimum Gasteiger partial charge on any atom is -0.508 e. The molecule has 0 fully saturated rings. The fourth-order valence-corrected chi connectivity index (χ4v) is 2.54. The van der Waals surface area contributed by atoms with E-state index in [-0.39, 0.29) is 18.7 Å². The van der Waals surface area contributed by atoms with Crippen LogP contribution in [0.25, 0.3) is 0 Å². The molecule has 2 unspecified atom stereocenters. The van der Waals surface area contributed by atoms with Gasteiger partial charge in [-0.1, -0.05) is 13.0 Å². The van der Waals surface area contributed by atoms with Crippen molar-refractivity contribution in [3.63, 3.8) is 0 Å². The topological polar surface area (TPSA) is 52.5 Å². The summed E-state index contributed by atoms with van der Waals surface area (Å²) < 4.78 is 0. The van der Waals surface area contributed by atoms with Crippen molar-refractivity contribution >= 4 is 0 Å². The number of aliphatic hydroxyl groups excluding tert-OH is 1. The maximum absolute atomic E-state index is 9.58. The van der Waals surface area contributed by atoms with Crippen LogP contribution >= 0.6 is 0 Å². The normalized spacial score (nSPS) is 20.9. The molecule has 1 aliphatic rings. The Balaban J connectivity index is 2.18. The highest BCUT2D eigenvalue weighted by Crippen LogP contribution is 2.32. The number of aromatic hydroxyl groups is 1. The van der Waals surface area contributed by atoms with Crippen LogP contribution in [0.4, 0.5) is 0 Å². The van der Waals surface area contributed by atoms with Crippen molar-refractivity contribution in [3.8, 4) is 5.75 Å². The van der Waals surface area contributed by atoms with E-state index in [0.29, 0.717) is 5.75 Å². The lowest BCUT2D eigenvalue weighted by atomic mass is 9.87. The average molecular weight is 235 g/mol. The molecule has 3 nitrogen and oxygen atoms in total. The fourth-order valence-electron chi connectivity index (χ4n) is 2.54. The number of aryl methyl sites for hydroxylation is 1. The fraction of sp³-hybridized carbons (Fsp3) is 0.571. The van der Waals surface area contributed by atoms with Crippen molar-refractivity contribution in [1.29, 1.82) is 0 Å². The van der Waals surface area contributed by atoms with Gasteiger partial charge in [0.2, 0.25) is 0 Å². The van der Waals surface area contributed by atoms with Crippen LogP contribution in [-0.4, -0.2) is 22.9 Å². The Morgan fingerprint density at radius 1 is 1.47 bits per heavy atom. The lowest BCUT2D eigenvalue weighted by molar-refractivity contribution is 0.223. The van der Waals surface area contributed by atoms with Crippen LogP contribution in [0.1, 0.15) is 43.4 Å². The SMILES string of the molecule is CCC(CO)NC1CCCc2ccc(O)cc21.